The molecule has 1 fully saturated rings. The van der Waals surface area contributed by atoms with Gasteiger partial charge in [0.1, 0.15) is 11.8 Å². The number of amides is 2. The van der Waals surface area contributed by atoms with Crippen LogP contribution in [0.2, 0.25) is 0 Å². The Morgan fingerprint density at radius 3 is 2.52 bits per heavy atom. The van der Waals surface area contributed by atoms with Crippen LogP contribution in [-0.4, -0.2) is 25.0 Å². The molecular weight excluding hydrogens is 361 g/mol. The average Bonchev–Trinajstić information content (AvgIpc) is 3.03. The molecule has 1 atom stereocenters. The minimum absolute atomic E-state index is 0.0313. The lowest BCUT2D eigenvalue weighted by molar-refractivity contribution is -0.137. The summed E-state index contributed by atoms with van der Waals surface area (Å²) in [5.74, 6) is -0.143. The molecule has 0 spiro atoms. The fourth-order valence-electron chi connectivity index (χ4n) is 3.00. The van der Waals surface area contributed by atoms with E-state index in [1.165, 1.54) is 24.1 Å². The van der Waals surface area contributed by atoms with E-state index in [0.29, 0.717) is 11.4 Å². The number of methoxy groups -OCH3 is 1. The number of hydrogen-bond acceptors (Lipinski definition) is 3. The van der Waals surface area contributed by atoms with Gasteiger partial charge >= 0.3 is 6.18 Å². The maximum atomic E-state index is 12.8. The third kappa shape index (κ3) is 4.05. The van der Waals surface area contributed by atoms with E-state index in [1.54, 1.807) is 24.3 Å². The predicted molar refractivity (Wildman–Crippen MR) is 93.6 cm³/mol. The van der Waals surface area contributed by atoms with E-state index in [-0.39, 0.29) is 24.4 Å². The van der Waals surface area contributed by atoms with Crippen molar-refractivity contribution in [2.24, 2.45) is 0 Å². The van der Waals surface area contributed by atoms with Crippen molar-refractivity contribution < 1.29 is 27.5 Å². The second kappa shape index (κ2) is 7.30. The highest BCUT2D eigenvalue weighted by molar-refractivity contribution is 6.07. The van der Waals surface area contributed by atoms with Crippen molar-refractivity contribution in [2.45, 2.75) is 25.1 Å². The highest BCUT2D eigenvalue weighted by Crippen LogP contribution is 2.32. The summed E-state index contributed by atoms with van der Waals surface area (Å²) in [5.41, 5.74) is -0.291. The van der Waals surface area contributed by atoms with E-state index in [0.717, 1.165) is 12.1 Å². The number of anilines is 2. The molecule has 5 nitrogen and oxygen atoms in total. The summed E-state index contributed by atoms with van der Waals surface area (Å²) in [6, 6.07) is 10.3. The molecule has 0 aromatic heterocycles. The summed E-state index contributed by atoms with van der Waals surface area (Å²) in [4.78, 5) is 26.2. The van der Waals surface area contributed by atoms with Crippen molar-refractivity contribution in [3.05, 3.63) is 54.1 Å². The van der Waals surface area contributed by atoms with Crippen molar-refractivity contribution in [3.63, 3.8) is 0 Å². The number of benzene rings is 2. The number of rotatable bonds is 4. The highest BCUT2D eigenvalue weighted by Gasteiger charge is 2.37. The van der Waals surface area contributed by atoms with Gasteiger partial charge in [-0.05, 0) is 48.9 Å². The van der Waals surface area contributed by atoms with E-state index in [1.807, 2.05) is 0 Å². The molecule has 3 rings (SSSR count). The minimum atomic E-state index is -4.50. The largest absolute Gasteiger partial charge is 0.497 e. The summed E-state index contributed by atoms with van der Waals surface area (Å²) < 4.78 is 43.6. The molecule has 0 saturated carbocycles. The maximum absolute atomic E-state index is 12.8. The number of nitrogens with one attached hydrogen (secondary N) is 1. The van der Waals surface area contributed by atoms with Crippen molar-refractivity contribution in [1.29, 1.82) is 0 Å². The lowest BCUT2D eigenvalue weighted by Gasteiger charge is -2.24. The zero-order valence-corrected chi connectivity index (χ0v) is 14.4. The smallest absolute Gasteiger partial charge is 0.416 e. The van der Waals surface area contributed by atoms with E-state index in [4.69, 9.17) is 4.74 Å². The van der Waals surface area contributed by atoms with E-state index in [9.17, 15) is 22.8 Å². The summed E-state index contributed by atoms with van der Waals surface area (Å²) in [6.45, 7) is 0. The first-order chi connectivity index (χ1) is 12.8. The Labute approximate surface area is 153 Å². The van der Waals surface area contributed by atoms with Gasteiger partial charge in [0.15, 0.2) is 0 Å². The lowest BCUT2D eigenvalue weighted by atomic mass is 10.1. The Bertz CT molecular complexity index is 850. The number of nitrogens with zero attached hydrogens (tertiary/aromatic N) is 1. The van der Waals surface area contributed by atoms with Crippen LogP contribution in [0.15, 0.2) is 48.5 Å². The Balaban J connectivity index is 1.80. The molecule has 1 heterocycles. The fourth-order valence-corrected chi connectivity index (χ4v) is 3.00. The topological polar surface area (TPSA) is 58.6 Å². The van der Waals surface area contributed by atoms with Crippen LogP contribution in [-0.2, 0) is 15.8 Å². The van der Waals surface area contributed by atoms with Crippen molar-refractivity contribution in [3.8, 4) is 5.75 Å². The van der Waals surface area contributed by atoms with Gasteiger partial charge in [-0.15, -0.1) is 0 Å². The molecule has 0 bridgehead atoms. The number of alkyl halides is 3. The van der Waals surface area contributed by atoms with Gasteiger partial charge in [0, 0.05) is 17.8 Å². The fraction of sp³-hybridized carbons (Fsp3) is 0.263. The Morgan fingerprint density at radius 2 is 1.89 bits per heavy atom. The zero-order valence-electron chi connectivity index (χ0n) is 14.4. The molecule has 0 radical (unpaired) electrons. The minimum Gasteiger partial charge on any atom is -0.497 e. The maximum Gasteiger partial charge on any atom is 0.416 e. The quantitative estimate of drug-likeness (QED) is 0.879. The zero-order chi connectivity index (χ0) is 19.6. The molecule has 2 aromatic rings. The van der Waals surface area contributed by atoms with Crippen LogP contribution < -0.4 is 15.0 Å². The van der Waals surface area contributed by atoms with Crippen LogP contribution in [0, 0.1) is 0 Å². The van der Waals surface area contributed by atoms with Crippen molar-refractivity contribution in [1.82, 2.24) is 0 Å². The van der Waals surface area contributed by atoms with Crippen LogP contribution in [0.1, 0.15) is 18.4 Å². The molecule has 27 heavy (non-hydrogen) atoms. The van der Waals surface area contributed by atoms with Gasteiger partial charge in [-0.1, -0.05) is 6.07 Å². The molecule has 8 heteroatoms. The van der Waals surface area contributed by atoms with Crippen LogP contribution >= 0.6 is 0 Å². The molecule has 2 amide bonds. The highest BCUT2D eigenvalue weighted by atomic mass is 19.4. The SMILES string of the molecule is COc1ccc(N2C(=O)CCC2C(=O)Nc2cccc(C(F)(F)F)c2)cc1. The second-order valence-corrected chi connectivity index (χ2v) is 6.08. The Hall–Kier alpha value is -3.03. The number of ether oxygens (including phenoxy) is 1. The summed E-state index contributed by atoms with van der Waals surface area (Å²) in [7, 11) is 1.52. The molecule has 1 N–H and O–H groups in total. The number of halogens is 3. The first-order valence-electron chi connectivity index (χ1n) is 8.24. The van der Waals surface area contributed by atoms with E-state index >= 15 is 0 Å². The second-order valence-electron chi connectivity index (χ2n) is 6.08. The molecule has 1 aliphatic rings. The van der Waals surface area contributed by atoms with Gasteiger partial charge in [-0.3, -0.25) is 14.5 Å². The van der Waals surface area contributed by atoms with Crippen LogP contribution in [0.4, 0.5) is 24.5 Å². The normalized spacial score (nSPS) is 17.1. The lowest BCUT2D eigenvalue weighted by Crippen LogP contribution is -2.41. The van der Waals surface area contributed by atoms with Crippen molar-refractivity contribution in [2.75, 3.05) is 17.3 Å². The van der Waals surface area contributed by atoms with Gasteiger partial charge < -0.3 is 10.1 Å². The molecule has 1 aliphatic heterocycles. The molecular formula is C19H17F3N2O3. The first kappa shape index (κ1) is 18.8. The first-order valence-corrected chi connectivity index (χ1v) is 8.24. The number of carbonyl (C=O) groups excluding carboxylic acids is 2. The average molecular weight is 378 g/mol. The monoisotopic (exact) mass is 378 g/mol. The molecule has 0 aliphatic carbocycles. The Morgan fingerprint density at radius 1 is 1.19 bits per heavy atom. The standard InChI is InChI=1S/C19H17F3N2O3/c1-27-15-7-5-14(6-8-15)24-16(9-10-17(24)25)18(26)23-13-4-2-3-12(11-13)19(20,21)22/h2-8,11,16H,9-10H2,1H3,(H,23,26). The molecule has 2 aromatic carbocycles. The van der Waals surface area contributed by atoms with Crippen LogP contribution in [0.5, 0.6) is 5.75 Å². The van der Waals surface area contributed by atoms with Gasteiger partial charge in [0.2, 0.25) is 11.8 Å². The van der Waals surface area contributed by atoms with Gasteiger partial charge in [0.05, 0.1) is 12.7 Å². The van der Waals surface area contributed by atoms with Gasteiger partial charge in [-0.25, -0.2) is 0 Å². The summed E-state index contributed by atoms with van der Waals surface area (Å²) in [6.07, 6.45) is -4.03. The predicted octanol–water partition coefficient (Wildman–Crippen LogP) is 3.85. The summed E-state index contributed by atoms with van der Waals surface area (Å²) >= 11 is 0. The van der Waals surface area contributed by atoms with Crippen LogP contribution in [0.3, 0.4) is 0 Å². The molecule has 1 unspecified atom stereocenters. The molecule has 142 valence electrons. The van der Waals surface area contributed by atoms with Crippen LogP contribution in [0.25, 0.3) is 0 Å². The van der Waals surface area contributed by atoms with E-state index in [2.05, 4.69) is 5.32 Å². The van der Waals surface area contributed by atoms with Gasteiger partial charge in [-0.2, -0.15) is 13.2 Å². The molecule has 1 saturated heterocycles. The van der Waals surface area contributed by atoms with E-state index < -0.39 is 23.7 Å². The summed E-state index contributed by atoms with van der Waals surface area (Å²) in [5, 5.41) is 2.48. The third-order valence-corrected chi connectivity index (χ3v) is 4.32. The Kier molecular flexibility index (Phi) is 5.07. The third-order valence-electron chi connectivity index (χ3n) is 4.32. The number of carbonyl (C=O) groups is 2. The number of hydrogen-bond donors (Lipinski definition) is 1. The van der Waals surface area contributed by atoms with Crippen molar-refractivity contribution >= 4 is 23.2 Å². The van der Waals surface area contributed by atoms with Gasteiger partial charge in [0.25, 0.3) is 0 Å².